The molecule has 2 rings (SSSR count). The first-order chi connectivity index (χ1) is 6.18. The minimum atomic E-state index is -0.205. The second-order valence-electron chi connectivity index (χ2n) is 3.51. The molecule has 3 heteroatoms. The largest absolute Gasteiger partial charge is 0.323 e. The van der Waals surface area contributed by atoms with Gasteiger partial charge in [-0.05, 0) is 30.2 Å². The van der Waals surface area contributed by atoms with Gasteiger partial charge in [-0.1, -0.05) is 6.07 Å². The zero-order chi connectivity index (χ0) is 9.42. The first-order valence-electron chi connectivity index (χ1n) is 4.47. The lowest BCUT2D eigenvalue weighted by atomic mass is 9.92. The van der Waals surface area contributed by atoms with E-state index in [2.05, 4.69) is 12.2 Å². The molecule has 3 N–H and O–H groups in total. The van der Waals surface area contributed by atoms with Crippen LogP contribution < -0.4 is 11.1 Å². The van der Waals surface area contributed by atoms with E-state index in [0.717, 1.165) is 17.7 Å². The van der Waals surface area contributed by atoms with Gasteiger partial charge in [0.1, 0.15) is 5.82 Å². The lowest BCUT2D eigenvalue weighted by Crippen LogP contribution is -2.35. The summed E-state index contributed by atoms with van der Waals surface area (Å²) < 4.78 is 12.9. The number of fused-ring (bicyclic) bond motifs is 1. The maximum atomic E-state index is 12.9. The van der Waals surface area contributed by atoms with Crippen molar-refractivity contribution in [3.05, 3.63) is 35.1 Å². The van der Waals surface area contributed by atoms with Crippen molar-refractivity contribution in [1.29, 1.82) is 0 Å². The molecular weight excluding hydrogens is 167 g/mol. The number of rotatable bonds is 0. The normalized spacial score (nSPS) is 27.0. The molecule has 0 radical (unpaired) electrons. The number of hydrogen-bond donors (Lipinski definition) is 2. The Morgan fingerprint density at radius 2 is 2.23 bits per heavy atom. The number of nitrogens with two attached hydrogens (primary N) is 1. The van der Waals surface area contributed by atoms with E-state index < -0.39 is 0 Å². The Bertz CT molecular complexity index is 325. The Hall–Kier alpha value is -0.930. The van der Waals surface area contributed by atoms with Crippen LogP contribution in [-0.4, -0.2) is 6.54 Å². The van der Waals surface area contributed by atoms with Crippen LogP contribution in [0.2, 0.25) is 0 Å². The predicted octanol–water partition coefficient (Wildman–Crippen LogP) is 1.49. The van der Waals surface area contributed by atoms with Gasteiger partial charge in [0.05, 0.1) is 0 Å². The standard InChI is InChI=1S/C10H13FN2/c1-6-8-3-2-7(11)4-9(8)10(12)5-13-6/h2-4,6,10,13H,5,12H2,1H3. The van der Waals surface area contributed by atoms with Gasteiger partial charge in [0.2, 0.25) is 0 Å². The summed E-state index contributed by atoms with van der Waals surface area (Å²) in [4.78, 5) is 0. The van der Waals surface area contributed by atoms with Gasteiger partial charge in [-0.25, -0.2) is 4.39 Å². The molecule has 1 aliphatic heterocycles. The molecule has 2 unspecified atom stereocenters. The van der Waals surface area contributed by atoms with Crippen LogP contribution in [0.3, 0.4) is 0 Å². The fraction of sp³-hybridized carbons (Fsp3) is 0.400. The molecule has 0 bridgehead atoms. The molecule has 13 heavy (non-hydrogen) atoms. The second kappa shape index (κ2) is 3.09. The highest BCUT2D eigenvalue weighted by Gasteiger charge is 2.21. The molecule has 70 valence electrons. The van der Waals surface area contributed by atoms with Crippen LogP contribution in [0.25, 0.3) is 0 Å². The van der Waals surface area contributed by atoms with Crippen LogP contribution in [-0.2, 0) is 0 Å². The third-order valence-electron chi connectivity index (χ3n) is 2.56. The van der Waals surface area contributed by atoms with Crippen LogP contribution in [0.15, 0.2) is 18.2 Å². The van der Waals surface area contributed by atoms with E-state index in [-0.39, 0.29) is 17.9 Å². The molecule has 2 atom stereocenters. The third-order valence-corrected chi connectivity index (χ3v) is 2.56. The average Bonchev–Trinajstić information content (AvgIpc) is 2.12. The molecule has 0 spiro atoms. The molecule has 2 nitrogen and oxygen atoms in total. The van der Waals surface area contributed by atoms with Crippen molar-refractivity contribution in [2.45, 2.75) is 19.0 Å². The van der Waals surface area contributed by atoms with Crippen molar-refractivity contribution >= 4 is 0 Å². The fourth-order valence-corrected chi connectivity index (χ4v) is 1.78. The number of halogens is 1. The zero-order valence-corrected chi connectivity index (χ0v) is 7.55. The number of hydrogen-bond acceptors (Lipinski definition) is 2. The summed E-state index contributed by atoms with van der Waals surface area (Å²) in [7, 11) is 0. The highest BCUT2D eigenvalue weighted by Crippen LogP contribution is 2.27. The maximum Gasteiger partial charge on any atom is 0.123 e. The first-order valence-corrected chi connectivity index (χ1v) is 4.47. The summed E-state index contributed by atoms with van der Waals surface area (Å²) in [6, 6.07) is 5.02. The topological polar surface area (TPSA) is 38.0 Å². The monoisotopic (exact) mass is 180 g/mol. The average molecular weight is 180 g/mol. The van der Waals surface area contributed by atoms with Crippen molar-refractivity contribution in [1.82, 2.24) is 5.32 Å². The van der Waals surface area contributed by atoms with Gasteiger partial charge in [-0.2, -0.15) is 0 Å². The predicted molar refractivity (Wildman–Crippen MR) is 49.7 cm³/mol. The third kappa shape index (κ3) is 1.45. The van der Waals surface area contributed by atoms with Crippen molar-refractivity contribution < 1.29 is 4.39 Å². The van der Waals surface area contributed by atoms with Gasteiger partial charge in [-0.15, -0.1) is 0 Å². The van der Waals surface area contributed by atoms with Crippen molar-refractivity contribution in [3.8, 4) is 0 Å². The van der Waals surface area contributed by atoms with Gasteiger partial charge in [-0.3, -0.25) is 0 Å². The second-order valence-corrected chi connectivity index (χ2v) is 3.51. The van der Waals surface area contributed by atoms with Gasteiger partial charge in [0.25, 0.3) is 0 Å². The summed E-state index contributed by atoms with van der Waals surface area (Å²) in [6.07, 6.45) is 0. The molecule has 1 aromatic carbocycles. The van der Waals surface area contributed by atoms with Crippen LogP contribution in [0.4, 0.5) is 4.39 Å². The van der Waals surface area contributed by atoms with Crippen LogP contribution >= 0.6 is 0 Å². The molecular formula is C10H13FN2. The Morgan fingerprint density at radius 1 is 1.46 bits per heavy atom. The maximum absolute atomic E-state index is 12.9. The van der Waals surface area contributed by atoms with Gasteiger partial charge in [0.15, 0.2) is 0 Å². The lowest BCUT2D eigenvalue weighted by molar-refractivity contribution is 0.480. The SMILES string of the molecule is CC1NCC(N)c2cc(F)ccc21. The van der Waals surface area contributed by atoms with E-state index in [1.54, 1.807) is 6.07 Å². The first kappa shape index (κ1) is 8.66. The summed E-state index contributed by atoms with van der Waals surface area (Å²) in [5.74, 6) is -0.205. The smallest absolute Gasteiger partial charge is 0.123 e. The molecule has 0 amide bonds. The van der Waals surface area contributed by atoms with E-state index in [9.17, 15) is 4.39 Å². The number of benzene rings is 1. The highest BCUT2D eigenvalue weighted by molar-refractivity contribution is 5.35. The Morgan fingerprint density at radius 3 is 3.00 bits per heavy atom. The highest BCUT2D eigenvalue weighted by atomic mass is 19.1. The Labute approximate surface area is 76.9 Å². The van der Waals surface area contributed by atoms with E-state index in [4.69, 9.17) is 5.73 Å². The quantitative estimate of drug-likeness (QED) is 0.634. The van der Waals surface area contributed by atoms with E-state index >= 15 is 0 Å². The summed E-state index contributed by atoms with van der Waals surface area (Å²) >= 11 is 0. The summed E-state index contributed by atoms with van der Waals surface area (Å²) in [5.41, 5.74) is 7.90. The van der Waals surface area contributed by atoms with Crippen molar-refractivity contribution in [3.63, 3.8) is 0 Å². The van der Waals surface area contributed by atoms with Crippen molar-refractivity contribution in [2.75, 3.05) is 6.54 Å². The Kier molecular flexibility index (Phi) is 2.06. The molecule has 0 saturated carbocycles. The van der Waals surface area contributed by atoms with Crippen LogP contribution in [0.1, 0.15) is 30.1 Å². The van der Waals surface area contributed by atoms with Crippen molar-refractivity contribution in [2.24, 2.45) is 5.73 Å². The number of nitrogens with one attached hydrogen (secondary N) is 1. The van der Waals surface area contributed by atoms with E-state index in [1.807, 2.05) is 0 Å². The van der Waals surface area contributed by atoms with Gasteiger partial charge in [0, 0.05) is 18.6 Å². The van der Waals surface area contributed by atoms with Crippen LogP contribution in [0.5, 0.6) is 0 Å². The summed E-state index contributed by atoms with van der Waals surface area (Å²) in [6.45, 7) is 2.78. The molecule has 0 aliphatic carbocycles. The molecule has 1 heterocycles. The molecule has 0 aromatic heterocycles. The lowest BCUT2D eigenvalue weighted by Gasteiger charge is -2.28. The Balaban J connectivity index is 2.50. The summed E-state index contributed by atoms with van der Waals surface area (Å²) in [5, 5.41) is 3.26. The van der Waals surface area contributed by atoms with E-state index in [0.29, 0.717) is 0 Å². The molecule has 1 aromatic rings. The minimum Gasteiger partial charge on any atom is -0.323 e. The minimum absolute atomic E-state index is 0.0816. The molecule has 0 fully saturated rings. The molecule has 0 saturated heterocycles. The van der Waals surface area contributed by atoms with Gasteiger partial charge < -0.3 is 11.1 Å². The van der Waals surface area contributed by atoms with Crippen LogP contribution in [0, 0.1) is 5.82 Å². The zero-order valence-electron chi connectivity index (χ0n) is 7.55. The molecule has 1 aliphatic rings. The van der Waals surface area contributed by atoms with E-state index in [1.165, 1.54) is 12.1 Å². The fourth-order valence-electron chi connectivity index (χ4n) is 1.78. The van der Waals surface area contributed by atoms with Gasteiger partial charge >= 0.3 is 0 Å².